The largest absolute Gasteiger partial charge is 0.466 e. The van der Waals surface area contributed by atoms with Gasteiger partial charge in [-0.15, -0.1) is 0 Å². The molecule has 1 aliphatic carbocycles. The van der Waals surface area contributed by atoms with Crippen molar-refractivity contribution in [1.29, 1.82) is 0 Å². The second-order valence-corrected chi connectivity index (χ2v) is 4.45. The summed E-state index contributed by atoms with van der Waals surface area (Å²) in [6, 6.07) is 7.14. The first kappa shape index (κ1) is 13.5. The SMILES string of the molecule is CCOC(=O)CCC1(O)C(=O)C=Cc2ccccc21. The number of ether oxygens (including phenoxy) is 1. The van der Waals surface area contributed by atoms with Gasteiger partial charge in [-0.1, -0.05) is 30.3 Å². The molecule has 4 nitrogen and oxygen atoms in total. The molecular formula is C15H16O4. The number of benzene rings is 1. The van der Waals surface area contributed by atoms with Crippen LogP contribution in [0.25, 0.3) is 6.08 Å². The highest BCUT2D eigenvalue weighted by atomic mass is 16.5. The van der Waals surface area contributed by atoms with Crippen LogP contribution in [0.3, 0.4) is 0 Å². The Hall–Kier alpha value is -1.94. The summed E-state index contributed by atoms with van der Waals surface area (Å²) in [5.74, 6) is -0.800. The van der Waals surface area contributed by atoms with Crippen molar-refractivity contribution in [3.05, 3.63) is 41.5 Å². The molecule has 1 atom stereocenters. The van der Waals surface area contributed by atoms with Crippen molar-refractivity contribution in [3.8, 4) is 0 Å². The Balaban J connectivity index is 2.23. The summed E-state index contributed by atoms with van der Waals surface area (Å²) in [5.41, 5.74) is -0.279. The molecule has 0 aromatic heterocycles. The van der Waals surface area contributed by atoms with Gasteiger partial charge in [0.15, 0.2) is 11.4 Å². The lowest BCUT2D eigenvalue weighted by molar-refractivity contribution is -0.146. The quantitative estimate of drug-likeness (QED) is 0.839. The van der Waals surface area contributed by atoms with E-state index in [2.05, 4.69) is 0 Å². The lowest BCUT2D eigenvalue weighted by Gasteiger charge is -2.29. The van der Waals surface area contributed by atoms with E-state index in [0.717, 1.165) is 5.56 Å². The number of carbonyl (C=O) groups excluding carboxylic acids is 2. The van der Waals surface area contributed by atoms with Gasteiger partial charge in [0.05, 0.1) is 6.61 Å². The summed E-state index contributed by atoms with van der Waals surface area (Å²) in [5, 5.41) is 10.6. The fraction of sp³-hybridized carbons (Fsp3) is 0.333. The van der Waals surface area contributed by atoms with Crippen molar-refractivity contribution in [3.63, 3.8) is 0 Å². The number of fused-ring (bicyclic) bond motifs is 1. The molecule has 0 amide bonds. The highest BCUT2D eigenvalue weighted by Crippen LogP contribution is 2.34. The normalized spacial score (nSPS) is 21.1. The maximum atomic E-state index is 12.0. The lowest BCUT2D eigenvalue weighted by Crippen LogP contribution is -2.37. The molecule has 1 unspecified atom stereocenters. The fourth-order valence-corrected chi connectivity index (χ4v) is 2.23. The first-order chi connectivity index (χ1) is 9.08. The second-order valence-electron chi connectivity index (χ2n) is 4.45. The summed E-state index contributed by atoms with van der Waals surface area (Å²) in [7, 11) is 0. The molecule has 0 fully saturated rings. The predicted octanol–water partition coefficient (Wildman–Crippen LogP) is 1.81. The number of hydrogen-bond donors (Lipinski definition) is 1. The minimum atomic E-state index is -1.63. The molecule has 1 aromatic carbocycles. The number of rotatable bonds is 4. The second kappa shape index (κ2) is 5.36. The smallest absolute Gasteiger partial charge is 0.305 e. The van der Waals surface area contributed by atoms with Gasteiger partial charge in [0, 0.05) is 6.42 Å². The monoisotopic (exact) mass is 260 g/mol. The molecule has 0 aliphatic heterocycles. The Bertz CT molecular complexity index is 533. The van der Waals surface area contributed by atoms with Crippen molar-refractivity contribution in [1.82, 2.24) is 0 Å². The van der Waals surface area contributed by atoms with E-state index in [0.29, 0.717) is 12.2 Å². The molecule has 19 heavy (non-hydrogen) atoms. The zero-order valence-corrected chi connectivity index (χ0v) is 10.8. The van der Waals surface area contributed by atoms with E-state index in [4.69, 9.17) is 4.74 Å². The van der Waals surface area contributed by atoms with Crippen LogP contribution in [0.2, 0.25) is 0 Å². The Kier molecular flexibility index (Phi) is 3.81. The molecule has 2 rings (SSSR count). The third kappa shape index (κ3) is 2.58. The molecule has 0 bridgehead atoms. The highest BCUT2D eigenvalue weighted by molar-refractivity contribution is 6.03. The molecule has 0 spiro atoms. The zero-order chi connectivity index (χ0) is 13.9. The summed E-state index contributed by atoms with van der Waals surface area (Å²) >= 11 is 0. The van der Waals surface area contributed by atoms with Crippen LogP contribution in [0, 0.1) is 0 Å². The van der Waals surface area contributed by atoms with E-state index in [9.17, 15) is 14.7 Å². The molecule has 100 valence electrons. The van der Waals surface area contributed by atoms with E-state index < -0.39 is 17.4 Å². The van der Waals surface area contributed by atoms with Gasteiger partial charge in [-0.3, -0.25) is 9.59 Å². The van der Waals surface area contributed by atoms with Crippen LogP contribution in [0.15, 0.2) is 30.3 Å². The Morgan fingerprint density at radius 3 is 2.79 bits per heavy atom. The van der Waals surface area contributed by atoms with Crippen molar-refractivity contribution >= 4 is 17.8 Å². The lowest BCUT2D eigenvalue weighted by atomic mass is 9.79. The molecule has 1 aromatic rings. The van der Waals surface area contributed by atoms with Gasteiger partial charge in [-0.2, -0.15) is 0 Å². The van der Waals surface area contributed by atoms with Crippen LogP contribution in [0.4, 0.5) is 0 Å². The van der Waals surface area contributed by atoms with E-state index >= 15 is 0 Å². The van der Waals surface area contributed by atoms with Gasteiger partial charge in [0.2, 0.25) is 0 Å². The number of hydrogen-bond acceptors (Lipinski definition) is 4. The number of carbonyl (C=O) groups is 2. The average Bonchev–Trinajstić information content (AvgIpc) is 2.42. The number of aliphatic hydroxyl groups is 1. The van der Waals surface area contributed by atoms with Crippen LogP contribution < -0.4 is 0 Å². The molecule has 0 saturated carbocycles. The Morgan fingerprint density at radius 2 is 2.05 bits per heavy atom. The van der Waals surface area contributed by atoms with Crippen molar-refractivity contribution in [2.75, 3.05) is 6.61 Å². The predicted molar refractivity (Wildman–Crippen MR) is 70.2 cm³/mol. The van der Waals surface area contributed by atoms with E-state index in [1.165, 1.54) is 6.08 Å². The van der Waals surface area contributed by atoms with Crippen LogP contribution in [0.5, 0.6) is 0 Å². The average molecular weight is 260 g/mol. The standard InChI is InChI=1S/C15H16O4/c1-2-19-14(17)9-10-15(18)12-6-4-3-5-11(12)7-8-13(15)16/h3-8,18H,2,9-10H2,1H3. The molecule has 0 radical (unpaired) electrons. The van der Waals surface area contributed by atoms with Gasteiger partial charge >= 0.3 is 5.97 Å². The van der Waals surface area contributed by atoms with Crippen LogP contribution in [-0.2, 0) is 19.9 Å². The first-order valence-corrected chi connectivity index (χ1v) is 6.28. The van der Waals surface area contributed by atoms with Gasteiger partial charge in [0.1, 0.15) is 0 Å². The fourth-order valence-electron chi connectivity index (χ4n) is 2.23. The summed E-state index contributed by atoms with van der Waals surface area (Å²) < 4.78 is 4.82. The first-order valence-electron chi connectivity index (χ1n) is 6.28. The van der Waals surface area contributed by atoms with Crippen LogP contribution >= 0.6 is 0 Å². The van der Waals surface area contributed by atoms with Crippen LogP contribution in [-0.4, -0.2) is 23.5 Å². The van der Waals surface area contributed by atoms with Crippen molar-refractivity contribution in [2.45, 2.75) is 25.4 Å². The molecule has 1 aliphatic rings. The van der Waals surface area contributed by atoms with E-state index in [1.54, 1.807) is 25.1 Å². The third-order valence-corrected chi connectivity index (χ3v) is 3.22. The number of esters is 1. The molecular weight excluding hydrogens is 244 g/mol. The zero-order valence-electron chi connectivity index (χ0n) is 10.8. The maximum Gasteiger partial charge on any atom is 0.305 e. The minimum absolute atomic E-state index is 0.0122. The van der Waals surface area contributed by atoms with Crippen LogP contribution in [0.1, 0.15) is 30.9 Å². The maximum absolute atomic E-state index is 12.0. The minimum Gasteiger partial charge on any atom is -0.466 e. The number of ketones is 1. The van der Waals surface area contributed by atoms with E-state index in [1.807, 2.05) is 12.1 Å². The molecule has 0 heterocycles. The summed E-state index contributed by atoms with van der Waals surface area (Å²) in [6.45, 7) is 2.01. The third-order valence-electron chi connectivity index (χ3n) is 3.22. The molecule has 4 heteroatoms. The summed E-state index contributed by atoms with van der Waals surface area (Å²) in [6.07, 6.45) is 3.08. The Labute approximate surface area is 111 Å². The van der Waals surface area contributed by atoms with E-state index in [-0.39, 0.29) is 12.8 Å². The highest BCUT2D eigenvalue weighted by Gasteiger charge is 2.39. The Morgan fingerprint density at radius 1 is 1.32 bits per heavy atom. The van der Waals surface area contributed by atoms with Crippen molar-refractivity contribution in [2.24, 2.45) is 0 Å². The van der Waals surface area contributed by atoms with Gasteiger partial charge < -0.3 is 9.84 Å². The molecule has 0 saturated heterocycles. The summed E-state index contributed by atoms with van der Waals surface area (Å²) in [4.78, 5) is 23.3. The van der Waals surface area contributed by atoms with Crippen molar-refractivity contribution < 1.29 is 19.4 Å². The van der Waals surface area contributed by atoms with Gasteiger partial charge in [-0.05, 0) is 30.5 Å². The topological polar surface area (TPSA) is 63.6 Å². The van der Waals surface area contributed by atoms with Gasteiger partial charge in [0.25, 0.3) is 0 Å². The van der Waals surface area contributed by atoms with Gasteiger partial charge in [-0.25, -0.2) is 0 Å². The molecule has 1 N–H and O–H groups in total.